The van der Waals surface area contributed by atoms with E-state index in [1.54, 1.807) is 6.33 Å². The lowest BCUT2D eigenvalue weighted by molar-refractivity contribution is 0.400. The maximum absolute atomic E-state index is 3.96. The zero-order valence-electron chi connectivity index (χ0n) is 7.70. The second-order valence-electron chi connectivity index (χ2n) is 3.15. The second kappa shape index (κ2) is 4.83. The summed E-state index contributed by atoms with van der Waals surface area (Å²) in [5.74, 6) is 0. The zero-order chi connectivity index (χ0) is 8.81. The third-order valence-electron chi connectivity index (χ3n) is 1.68. The molecule has 0 radical (unpaired) electrons. The van der Waals surface area contributed by atoms with E-state index >= 15 is 0 Å². The fourth-order valence-corrected chi connectivity index (χ4v) is 1.06. The molecule has 0 N–H and O–H groups in total. The van der Waals surface area contributed by atoms with E-state index in [9.17, 15) is 0 Å². The van der Waals surface area contributed by atoms with E-state index in [2.05, 4.69) is 29.0 Å². The summed E-state index contributed by atoms with van der Waals surface area (Å²) in [6, 6.07) is 0. The minimum Gasteiger partial charge on any atom is -0.309 e. The van der Waals surface area contributed by atoms with E-state index in [0.717, 1.165) is 13.0 Å². The third kappa shape index (κ3) is 3.44. The van der Waals surface area contributed by atoms with Crippen LogP contribution in [0.4, 0.5) is 0 Å². The van der Waals surface area contributed by atoms with E-state index in [1.165, 1.54) is 12.0 Å². The summed E-state index contributed by atoms with van der Waals surface area (Å²) in [5.41, 5.74) is 1.22. The molecule has 0 aliphatic rings. The lowest BCUT2D eigenvalue weighted by Gasteiger charge is -2.07. The Balaban J connectivity index is 2.25. The van der Waals surface area contributed by atoms with E-state index < -0.39 is 0 Å². The van der Waals surface area contributed by atoms with Gasteiger partial charge in [-0.3, -0.25) is 0 Å². The predicted octanol–water partition coefficient (Wildman–Crippen LogP) is 0.971. The van der Waals surface area contributed by atoms with Gasteiger partial charge >= 0.3 is 0 Å². The van der Waals surface area contributed by atoms with E-state index in [4.69, 9.17) is 0 Å². The van der Waals surface area contributed by atoms with E-state index in [1.807, 2.05) is 12.4 Å². The highest BCUT2D eigenvalue weighted by Crippen LogP contribution is 1.98. The molecule has 0 unspecified atom stereocenters. The van der Waals surface area contributed by atoms with Crippen LogP contribution >= 0.6 is 0 Å². The predicted molar refractivity (Wildman–Crippen MR) is 48.9 cm³/mol. The third-order valence-corrected chi connectivity index (χ3v) is 1.68. The van der Waals surface area contributed by atoms with Gasteiger partial charge in [0.1, 0.15) is 6.33 Å². The minimum atomic E-state index is 1.07. The van der Waals surface area contributed by atoms with Crippen LogP contribution in [0.15, 0.2) is 18.7 Å². The largest absolute Gasteiger partial charge is 0.309 e. The maximum atomic E-state index is 3.96. The molecule has 0 spiro atoms. The average Bonchev–Trinajstić information content (AvgIpc) is 2.05. The molecule has 1 rings (SSSR count). The van der Waals surface area contributed by atoms with Gasteiger partial charge in [0.25, 0.3) is 0 Å². The van der Waals surface area contributed by atoms with Crippen molar-refractivity contribution >= 4 is 0 Å². The summed E-state index contributed by atoms with van der Waals surface area (Å²) < 4.78 is 0. The number of rotatable bonds is 4. The minimum absolute atomic E-state index is 1.07. The fraction of sp³-hybridized carbons (Fsp3) is 0.556. The zero-order valence-corrected chi connectivity index (χ0v) is 7.70. The van der Waals surface area contributed by atoms with Gasteiger partial charge in [-0.15, -0.1) is 0 Å². The summed E-state index contributed by atoms with van der Waals surface area (Å²) in [5, 5.41) is 0. The Labute approximate surface area is 73.5 Å². The SMILES string of the molecule is CN(C)CCCc1cncnc1. The van der Waals surface area contributed by atoms with Crippen molar-refractivity contribution in [3.8, 4) is 0 Å². The molecule has 0 saturated carbocycles. The Morgan fingerprint density at radius 3 is 2.50 bits per heavy atom. The topological polar surface area (TPSA) is 29.0 Å². The first kappa shape index (κ1) is 9.13. The van der Waals surface area contributed by atoms with Crippen LogP contribution < -0.4 is 0 Å². The van der Waals surface area contributed by atoms with Gasteiger partial charge in [-0.25, -0.2) is 9.97 Å². The van der Waals surface area contributed by atoms with E-state index in [-0.39, 0.29) is 0 Å². The number of aromatic nitrogens is 2. The lowest BCUT2D eigenvalue weighted by atomic mass is 10.2. The first-order valence-electron chi connectivity index (χ1n) is 4.17. The van der Waals surface area contributed by atoms with Gasteiger partial charge < -0.3 is 4.90 Å². The summed E-state index contributed by atoms with van der Waals surface area (Å²) in [4.78, 5) is 10.1. The first-order chi connectivity index (χ1) is 5.79. The van der Waals surface area contributed by atoms with Gasteiger partial charge in [0.2, 0.25) is 0 Å². The van der Waals surface area contributed by atoms with Crippen LogP contribution in [0.1, 0.15) is 12.0 Å². The van der Waals surface area contributed by atoms with Gasteiger partial charge in [0.05, 0.1) is 0 Å². The molecule has 0 aromatic carbocycles. The smallest absolute Gasteiger partial charge is 0.115 e. The van der Waals surface area contributed by atoms with Crippen LogP contribution in [0, 0.1) is 0 Å². The number of hydrogen-bond acceptors (Lipinski definition) is 3. The van der Waals surface area contributed by atoms with Crippen LogP contribution in [0.3, 0.4) is 0 Å². The quantitative estimate of drug-likeness (QED) is 0.665. The molecule has 0 atom stereocenters. The van der Waals surface area contributed by atoms with Crippen molar-refractivity contribution < 1.29 is 0 Å². The summed E-state index contributed by atoms with van der Waals surface area (Å²) in [6.07, 6.45) is 7.56. The van der Waals surface area contributed by atoms with Crippen molar-refractivity contribution in [2.45, 2.75) is 12.8 Å². The van der Waals surface area contributed by atoms with Gasteiger partial charge in [-0.2, -0.15) is 0 Å². The molecule has 0 fully saturated rings. The Bertz CT molecular complexity index is 208. The van der Waals surface area contributed by atoms with Crippen LogP contribution in [0.25, 0.3) is 0 Å². The number of hydrogen-bond donors (Lipinski definition) is 0. The highest BCUT2D eigenvalue weighted by Gasteiger charge is 1.93. The Morgan fingerprint density at radius 1 is 1.25 bits per heavy atom. The molecule has 0 saturated heterocycles. The molecule has 0 bridgehead atoms. The van der Waals surface area contributed by atoms with Gasteiger partial charge in [0.15, 0.2) is 0 Å². The lowest BCUT2D eigenvalue weighted by Crippen LogP contribution is -2.13. The molecule has 12 heavy (non-hydrogen) atoms. The molecule has 1 aromatic rings. The summed E-state index contributed by atoms with van der Waals surface area (Å²) in [6.45, 7) is 1.12. The maximum Gasteiger partial charge on any atom is 0.115 e. The standard InChI is InChI=1S/C9H15N3/c1-12(2)5-3-4-9-6-10-8-11-7-9/h6-8H,3-5H2,1-2H3. The molecular formula is C9H15N3. The van der Waals surface area contributed by atoms with Crippen LogP contribution in [-0.4, -0.2) is 35.5 Å². The molecule has 3 nitrogen and oxygen atoms in total. The number of nitrogens with zero attached hydrogens (tertiary/aromatic N) is 3. The summed E-state index contributed by atoms with van der Waals surface area (Å²) in [7, 11) is 4.17. The van der Waals surface area contributed by atoms with Crippen LogP contribution in [0.5, 0.6) is 0 Å². The van der Waals surface area contributed by atoms with Crippen LogP contribution in [-0.2, 0) is 6.42 Å². The normalized spacial score (nSPS) is 10.6. The Kier molecular flexibility index (Phi) is 3.67. The highest BCUT2D eigenvalue weighted by atomic mass is 15.0. The number of aryl methyl sites for hydroxylation is 1. The van der Waals surface area contributed by atoms with Crippen molar-refractivity contribution in [2.24, 2.45) is 0 Å². The molecule has 66 valence electrons. The first-order valence-corrected chi connectivity index (χ1v) is 4.17. The Morgan fingerprint density at radius 2 is 1.92 bits per heavy atom. The highest BCUT2D eigenvalue weighted by molar-refractivity contribution is 5.01. The Hall–Kier alpha value is -0.960. The molecule has 0 aliphatic carbocycles. The van der Waals surface area contributed by atoms with Crippen molar-refractivity contribution in [3.63, 3.8) is 0 Å². The van der Waals surface area contributed by atoms with Crippen molar-refractivity contribution in [2.75, 3.05) is 20.6 Å². The molecule has 1 heterocycles. The molecule has 1 aromatic heterocycles. The van der Waals surface area contributed by atoms with Gasteiger partial charge in [-0.1, -0.05) is 0 Å². The average molecular weight is 165 g/mol. The molecule has 0 amide bonds. The monoisotopic (exact) mass is 165 g/mol. The molecule has 3 heteroatoms. The molecule has 0 aliphatic heterocycles. The van der Waals surface area contributed by atoms with Crippen molar-refractivity contribution in [3.05, 3.63) is 24.3 Å². The van der Waals surface area contributed by atoms with E-state index in [0.29, 0.717) is 0 Å². The van der Waals surface area contributed by atoms with Crippen LogP contribution in [0.2, 0.25) is 0 Å². The second-order valence-corrected chi connectivity index (χ2v) is 3.15. The van der Waals surface area contributed by atoms with Gasteiger partial charge in [0, 0.05) is 12.4 Å². The molecular weight excluding hydrogens is 150 g/mol. The van der Waals surface area contributed by atoms with Crippen molar-refractivity contribution in [1.82, 2.24) is 14.9 Å². The fourth-order valence-electron chi connectivity index (χ4n) is 1.06. The van der Waals surface area contributed by atoms with Crippen molar-refractivity contribution in [1.29, 1.82) is 0 Å². The summed E-state index contributed by atoms with van der Waals surface area (Å²) >= 11 is 0. The van der Waals surface area contributed by atoms with Gasteiger partial charge in [-0.05, 0) is 39.0 Å².